The van der Waals surface area contributed by atoms with Crippen LogP contribution < -0.4 is 5.32 Å². The first kappa shape index (κ1) is 12.8. The van der Waals surface area contributed by atoms with E-state index < -0.39 is 5.97 Å². The molecule has 1 aliphatic heterocycles. The maximum atomic E-state index is 11.7. The standard InChI is InChI=1S/C11H20N2O3/c1-4-11(3,5-2)12-10(16)13-6-8(7-13)9(14)15/h8H,4-7H2,1-3H3,(H,12,16)(H,14,15). The molecule has 1 fully saturated rings. The molecule has 0 bridgehead atoms. The van der Waals surface area contributed by atoms with E-state index >= 15 is 0 Å². The zero-order valence-corrected chi connectivity index (χ0v) is 10.1. The summed E-state index contributed by atoms with van der Waals surface area (Å²) in [5, 5.41) is 11.6. The largest absolute Gasteiger partial charge is 0.481 e. The molecule has 5 heteroatoms. The van der Waals surface area contributed by atoms with Gasteiger partial charge in [-0.1, -0.05) is 13.8 Å². The summed E-state index contributed by atoms with van der Waals surface area (Å²) >= 11 is 0. The number of carbonyl (C=O) groups is 2. The maximum Gasteiger partial charge on any atom is 0.317 e. The smallest absolute Gasteiger partial charge is 0.317 e. The highest BCUT2D eigenvalue weighted by molar-refractivity contribution is 5.80. The molecule has 0 atom stereocenters. The highest BCUT2D eigenvalue weighted by Crippen LogP contribution is 2.19. The van der Waals surface area contributed by atoms with Gasteiger partial charge in [0, 0.05) is 18.6 Å². The van der Waals surface area contributed by atoms with Crippen molar-refractivity contribution in [3.05, 3.63) is 0 Å². The first-order valence-corrected chi connectivity index (χ1v) is 5.71. The molecule has 1 rings (SSSR count). The molecule has 0 aromatic heterocycles. The Bertz CT molecular complexity index is 281. The van der Waals surface area contributed by atoms with Gasteiger partial charge in [0.1, 0.15) is 0 Å². The van der Waals surface area contributed by atoms with E-state index in [0.29, 0.717) is 13.1 Å². The van der Waals surface area contributed by atoms with Crippen molar-refractivity contribution in [3.63, 3.8) is 0 Å². The second-order valence-electron chi connectivity index (χ2n) is 4.64. The van der Waals surface area contributed by atoms with Crippen LogP contribution in [0.3, 0.4) is 0 Å². The van der Waals surface area contributed by atoms with Crippen LogP contribution in [0.2, 0.25) is 0 Å². The summed E-state index contributed by atoms with van der Waals surface area (Å²) in [5.74, 6) is -1.21. The zero-order chi connectivity index (χ0) is 12.3. The van der Waals surface area contributed by atoms with Crippen molar-refractivity contribution in [2.45, 2.75) is 39.2 Å². The molecule has 2 N–H and O–H groups in total. The fraction of sp³-hybridized carbons (Fsp3) is 0.818. The molecular weight excluding hydrogens is 208 g/mol. The Hall–Kier alpha value is -1.26. The normalized spacial score (nSPS) is 16.8. The summed E-state index contributed by atoms with van der Waals surface area (Å²) < 4.78 is 0. The number of hydrogen-bond acceptors (Lipinski definition) is 2. The fourth-order valence-corrected chi connectivity index (χ4v) is 1.56. The molecule has 0 saturated carbocycles. The van der Waals surface area contributed by atoms with Gasteiger partial charge in [-0.15, -0.1) is 0 Å². The third kappa shape index (κ3) is 2.65. The Morgan fingerprint density at radius 3 is 2.25 bits per heavy atom. The minimum absolute atomic E-state index is 0.149. The molecule has 5 nitrogen and oxygen atoms in total. The molecule has 1 aliphatic rings. The van der Waals surface area contributed by atoms with Gasteiger partial charge in [0.2, 0.25) is 0 Å². The summed E-state index contributed by atoms with van der Waals surface area (Å²) in [6.45, 7) is 6.70. The van der Waals surface area contributed by atoms with Crippen LogP contribution in [0.15, 0.2) is 0 Å². The predicted octanol–water partition coefficient (Wildman–Crippen LogP) is 1.29. The number of urea groups is 1. The topological polar surface area (TPSA) is 69.6 Å². The van der Waals surface area contributed by atoms with Crippen molar-refractivity contribution >= 4 is 12.0 Å². The van der Waals surface area contributed by atoms with E-state index in [2.05, 4.69) is 5.32 Å². The number of rotatable bonds is 4. The van der Waals surface area contributed by atoms with E-state index in [1.807, 2.05) is 20.8 Å². The lowest BCUT2D eigenvalue weighted by Crippen LogP contribution is -2.59. The van der Waals surface area contributed by atoms with Crippen molar-refractivity contribution in [2.24, 2.45) is 5.92 Å². The third-order valence-corrected chi connectivity index (χ3v) is 3.49. The third-order valence-electron chi connectivity index (χ3n) is 3.49. The summed E-state index contributed by atoms with van der Waals surface area (Å²) in [5.41, 5.74) is -0.189. The fourth-order valence-electron chi connectivity index (χ4n) is 1.56. The van der Waals surface area contributed by atoms with Gasteiger partial charge in [0.15, 0.2) is 0 Å². The van der Waals surface area contributed by atoms with Crippen LogP contribution in [0.25, 0.3) is 0 Å². The molecule has 0 aromatic rings. The van der Waals surface area contributed by atoms with Gasteiger partial charge in [-0.05, 0) is 19.8 Å². The summed E-state index contributed by atoms with van der Waals surface area (Å²) in [6, 6.07) is -0.149. The van der Waals surface area contributed by atoms with Crippen LogP contribution in [-0.4, -0.2) is 40.6 Å². The van der Waals surface area contributed by atoms with Crippen LogP contribution in [0, 0.1) is 5.92 Å². The summed E-state index contributed by atoms with van der Waals surface area (Å²) in [6.07, 6.45) is 1.73. The molecular formula is C11H20N2O3. The number of hydrogen-bond donors (Lipinski definition) is 2. The SMILES string of the molecule is CCC(C)(CC)NC(=O)N1CC(C(=O)O)C1. The van der Waals surface area contributed by atoms with Crippen LogP contribution in [0.4, 0.5) is 4.79 Å². The molecule has 0 spiro atoms. The highest BCUT2D eigenvalue weighted by atomic mass is 16.4. The lowest BCUT2D eigenvalue weighted by molar-refractivity contribution is -0.146. The second-order valence-corrected chi connectivity index (χ2v) is 4.64. The number of nitrogens with one attached hydrogen (secondary N) is 1. The number of carboxylic acid groups (broad SMARTS) is 1. The van der Waals surface area contributed by atoms with Crippen molar-refractivity contribution in [1.82, 2.24) is 10.2 Å². The molecule has 2 amide bonds. The Morgan fingerprint density at radius 1 is 1.38 bits per heavy atom. The lowest BCUT2D eigenvalue weighted by Gasteiger charge is -2.39. The van der Waals surface area contributed by atoms with E-state index in [4.69, 9.17) is 5.11 Å². The minimum Gasteiger partial charge on any atom is -0.481 e. The number of nitrogens with zero attached hydrogens (tertiary/aromatic N) is 1. The zero-order valence-electron chi connectivity index (χ0n) is 10.1. The molecule has 1 heterocycles. The number of carbonyl (C=O) groups excluding carboxylic acids is 1. The highest BCUT2D eigenvalue weighted by Gasteiger charge is 2.37. The van der Waals surface area contributed by atoms with E-state index in [9.17, 15) is 9.59 Å². The van der Waals surface area contributed by atoms with Crippen molar-refractivity contribution in [2.75, 3.05) is 13.1 Å². The van der Waals surface area contributed by atoms with E-state index in [0.717, 1.165) is 12.8 Å². The summed E-state index contributed by atoms with van der Waals surface area (Å²) in [7, 11) is 0. The van der Waals surface area contributed by atoms with Gasteiger partial charge in [-0.3, -0.25) is 4.79 Å². The van der Waals surface area contributed by atoms with Crippen molar-refractivity contribution in [3.8, 4) is 0 Å². The van der Waals surface area contributed by atoms with Crippen molar-refractivity contribution < 1.29 is 14.7 Å². The number of aliphatic carboxylic acids is 1. The Balaban J connectivity index is 2.41. The number of carboxylic acids is 1. The Kier molecular flexibility index (Phi) is 3.78. The molecule has 16 heavy (non-hydrogen) atoms. The molecule has 0 aromatic carbocycles. The quantitative estimate of drug-likeness (QED) is 0.761. The second kappa shape index (κ2) is 4.72. The molecule has 0 unspecified atom stereocenters. The Labute approximate surface area is 95.8 Å². The van der Waals surface area contributed by atoms with Gasteiger partial charge in [0.05, 0.1) is 5.92 Å². The first-order valence-electron chi connectivity index (χ1n) is 5.71. The number of likely N-dealkylation sites (tertiary alicyclic amines) is 1. The first-order chi connectivity index (χ1) is 7.41. The predicted molar refractivity (Wildman–Crippen MR) is 60.2 cm³/mol. The van der Waals surface area contributed by atoms with Crippen LogP contribution >= 0.6 is 0 Å². The molecule has 92 valence electrons. The lowest BCUT2D eigenvalue weighted by atomic mass is 9.95. The van der Waals surface area contributed by atoms with Gasteiger partial charge in [-0.2, -0.15) is 0 Å². The van der Waals surface area contributed by atoms with Gasteiger partial charge >= 0.3 is 12.0 Å². The maximum absolute atomic E-state index is 11.7. The monoisotopic (exact) mass is 228 g/mol. The Morgan fingerprint density at radius 2 is 1.88 bits per heavy atom. The molecule has 1 saturated heterocycles. The van der Waals surface area contributed by atoms with Crippen LogP contribution in [0.1, 0.15) is 33.6 Å². The van der Waals surface area contributed by atoms with E-state index in [1.54, 1.807) is 4.90 Å². The average molecular weight is 228 g/mol. The minimum atomic E-state index is -0.821. The molecule has 0 radical (unpaired) electrons. The number of amides is 2. The van der Waals surface area contributed by atoms with Crippen LogP contribution in [-0.2, 0) is 4.79 Å². The van der Waals surface area contributed by atoms with Gasteiger partial charge in [0.25, 0.3) is 0 Å². The summed E-state index contributed by atoms with van der Waals surface area (Å²) in [4.78, 5) is 23.9. The van der Waals surface area contributed by atoms with E-state index in [-0.39, 0.29) is 17.5 Å². The van der Waals surface area contributed by atoms with Crippen molar-refractivity contribution in [1.29, 1.82) is 0 Å². The average Bonchev–Trinajstić information content (AvgIpc) is 2.14. The van der Waals surface area contributed by atoms with E-state index in [1.165, 1.54) is 0 Å². The van der Waals surface area contributed by atoms with Gasteiger partial charge < -0.3 is 15.3 Å². The molecule has 0 aliphatic carbocycles. The van der Waals surface area contributed by atoms with Crippen LogP contribution in [0.5, 0.6) is 0 Å². The van der Waals surface area contributed by atoms with Gasteiger partial charge in [-0.25, -0.2) is 4.79 Å².